The normalized spacial score (nSPS) is 18.6. The summed E-state index contributed by atoms with van der Waals surface area (Å²) < 4.78 is 49.0. The second-order valence-corrected chi connectivity index (χ2v) is 7.65. The van der Waals surface area contributed by atoms with E-state index in [0.29, 0.717) is 43.3 Å². The largest absolute Gasteiger partial charge is 0.481 e. The Morgan fingerprint density at radius 1 is 1.23 bits per heavy atom. The topological polar surface area (TPSA) is 80.7 Å². The summed E-state index contributed by atoms with van der Waals surface area (Å²) in [5.74, 6) is 0.410. The molecule has 4 heterocycles. The minimum atomic E-state index is -4.48. The highest BCUT2D eigenvalue weighted by molar-refractivity contribution is 5.78. The van der Waals surface area contributed by atoms with E-state index in [4.69, 9.17) is 9.47 Å². The van der Waals surface area contributed by atoms with Gasteiger partial charge in [-0.15, -0.1) is 0 Å². The van der Waals surface area contributed by atoms with Crippen LogP contribution in [0.1, 0.15) is 36.3 Å². The number of amides is 1. The summed E-state index contributed by atoms with van der Waals surface area (Å²) in [5, 5.41) is 0. The summed E-state index contributed by atoms with van der Waals surface area (Å²) in [7, 11) is 2.97. The first-order valence-corrected chi connectivity index (χ1v) is 9.77. The molecule has 1 saturated heterocycles. The molecule has 1 unspecified atom stereocenters. The number of aromatic nitrogens is 3. The molecule has 2 aliphatic heterocycles. The SMILES string of the molecule is COc1nc(OC)c2c(n1)C(C)N(C(=O)CC1CN(c3ccnc(C(F)(F)F)c3)C1)C2. The van der Waals surface area contributed by atoms with Crippen LogP contribution in [-0.4, -0.2) is 53.1 Å². The van der Waals surface area contributed by atoms with Gasteiger partial charge in [0.1, 0.15) is 5.69 Å². The fraction of sp³-hybridized carbons (Fsp3) is 0.500. The fourth-order valence-electron chi connectivity index (χ4n) is 4.02. The standard InChI is InChI=1S/C20H22F3N5O3/c1-11-17-14(18(30-2)26-19(25-17)31-3)10-28(11)16(29)6-12-8-27(9-12)13-4-5-24-15(7-13)20(21,22)23/h4-5,7,11-12H,6,8-10H2,1-3H3. The predicted molar refractivity (Wildman–Crippen MR) is 104 cm³/mol. The van der Waals surface area contributed by atoms with E-state index in [1.54, 1.807) is 11.0 Å². The number of pyridine rings is 1. The highest BCUT2D eigenvalue weighted by atomic mass is 19.4. The van der Waals surface area contributed by atoms with Crippen LogP contribution >= 0.6 is 0 Å². The fourth-order valence-corrected chi connectivity index (χ4v) is 4.02. The van der Waals surface area contributed by atoms with Crippen molar-refractivity contribution in [3.05, 3.63) is 35.3 Å². The number of fused-ring (bicyclic) bond motifs is 1. The van der Waals surface area contributed by atoms with E-state index in [1.807, 2.05) is 11.8 Å². The molecule has 4 rings (SSSR count). The first-order valence-electron chi connectivity index (χ1n) is 9.77. The number of hydrogen-bond acceptors (Lipinski definition) is 7. The molecule has 11 heteroatoms. The van der Waals surface area contributed by atoms with Crippen molar-refractivity contribution < 1.29 is 27.4 Å². The molecule has 0 saturated carbocycles. The Morgan fingerprint density at radius 3 is 2.61 bits per heavy atom. The lowest BCUT2D eigenvalue weighted by Crippen LogP contribution is -2.48. The van der Waals surface area contributed by atoms with Gasteiger partial charge in [-0.25, -0.2) is 0 Å². The number of carbonyl (C=O) groups is 1. The summed E-state index contributed by atoms with van der Waals surface area (Å²) in [6.07, 6.45) is -3.02. The molecule has 166 valence electrons. The average Bonchev–Trinajstić information content (AvgIpc) is 3.05. The minimum Gasteiger partial charge on any atom is -0.481 e. The number of nitrogens with zero attached hydrogens (tertiary/aromatic N) is 5. The van der Waals surface area contributed by atoms with Gasteiger partial charge >= 0.3 is 12.2 Å². The molecule has 0 aliphatic carbocycles. The van der Waals surface area contributed by atoms with Crippen molar-refractivity contribution >= 4 is 11.6 Å². The molecule has 1 atom stereocenters. The monoisotopic (exact) mass is 437 g/mol. The number of alkyl halides is 3. The van der Waals surface area contributed by atoms with Gasteiger partial charge in [0.25, 0.3) is 0 Å². The zero-order chi connectivity index (χ0) is 22.3. The highest BCUT2D eigenvalue weighted by Crippen LogP contribution is 2.39. The predicted octanol–water partition coefficient (Wildman–Crippen LogP) is 2.84. The molecule has 2 aromatic rings. The summed E-state index contributed by atoms with van der Waals surface area (Å²) in [6, 6.07) is 2.52. The highest BCUT2D eigenvalue weighted by Gasteiger charge is 2.38. The maximum atomic E-state index is 12.9. The van der Waals surface area contributed by atoms with Crippen LogP contribution in [0.4, 0.5) is 18.9 Å². The van der Waals surface area contributed by atoms with Crippen molar-refractivity contribution in [2.75, 3.05) is 32.2 Å². The molecule has 8 nitrogen and oxygen atoms in total. The van der Waals surface area contributed by atoms with E-state index >= 15 is 0 Å². The molecule has 2 aliphatic rings. The number of hydrogen-bond donors (Lipinski definition) is 0. The van der Waals surface area contributed by atoms with Crippen LogP contribution in [0.5, 0.6) is 11.9 Å². The van der Waals surface area contributed by atoms with E-state index in [-0.39, 0.29) is 23.9 Å². The molecule has 0 aromatic carbocycles. The number of carbonyl (C=O) groups excluding carboxylic acids is 1. The second kappa shape index (κ2) is 7.86. The summed E-state index contributed by atoms with van der Waals surface area (Å²) in [4.78, 5) is 28.4. The quantitative estimate of drug-likeness (QED) is 0.712. The average molecular weight is 437 g/mol. The van der Waals surface area contributed by atoms with Crippen LogP contribution in [0.25, 0.3) is 0 Å². The van der Waals surface area contributed by atoms with E-state index in [2.05, 4.69) is 15.0 Å². The number of anilines is 1. The van der Waals surface area contributed by atoms with Gasteiger partial charge in [0.05, 0.1) is 38.1 Å². The van der Waals surface area contributed by atoms with Gasteiger partial charge in [-0.05, 0) is 19.1 Å². The van der Waals surface area contributed by atoms with Crippen molar-refractivity contribution in [2.24, 2.45) is 5.92 Å². The Morgan fingerprint density at radius 2 is 1.97 bits per heavy atom. The molecule has 0 bridgehead atoms. The van der Waals surface area contributed by atoms with E-state index in [1.165, 1.54) is 14.2 Å². The Kier molecular flexibility index (Phi) is 5.36. The number of rotatable bonds is 5. The first-order chi connectivity index (χ1) is 14.7. The Labute approximate surface area is 177 Å². The molecular formula is C20H22F3N5O3. The number of methoxy groups -OCH3 is 2. The van der Waals surface area contributed by atoms with Crippen molar-refractivity contribution in [1.29, 1.82) is 0 Å². The van der Waals surface area contributed by atoms with Gasteiger partial charge in [-0.3, -0.25) is 9.78 Å². The van der Waals surface area contributed by atoms with E-state index in [0.717, 1.165) is 17.8 Å². The van der Waals surface area contributed by atoms with Gasteiger partial charge in [-0.1, -0.05) is 0 Å². The van der Waals surface area contributed by atoms with Crippen LogP contribution < -0.4 is 14.4 Å². The van der Waals surface area contributed by atoms with E-state index < -0.39 is 11.9 Å². The maximum Gasteiger partial charge on any atom is 0.433 e. The van der Waals surface area contributed by atoms with Crippen LogP contribution in [0, 0.1) is 5.92 Å². The zero-order valence-corrected chi connectivity index (χ0v) is 17.3. The van der Waals surface area contributed by atoms with Crippen molar-refractivity contribution in [3.63, 3.8) is 0 Å². The lowest BCUT2D eigenvalue weighted by molar-refractivity contribution is -0.141. The van der Waals surface area contributed by atoms with Gasteiger partial charge in [0.15, 0.2) is 0 Å². The minimum absolute atomic E-state index is 0.0399. The lowest BCUT2D eigenvalue weighted by Gasteiger charge is -2.41. The van der Waals surface area contributed by atoms with Gasteiger partial charge < -0.3 is 19.3 Å². The van der Waals surface area contributed by atoms with Gasteiger partial charge in [-0.2, -0.15) is 23.1 Å². The smallest absolute Gasteiger partial charge is 0.433 e. The molecular weight excluding hydrogens is 415 g/mol. The van der Waals surface area contributed by atoms with Crippen molar-refractivity contribution in [3.8, 4) is 11.9 Å². The van der Waals surface area contributed by atoms with Crippen LogP contribution in [0.2, 0.25) is 0 Å². The molecule has 2 aromatic heterocycles. The Balaban J connectivity index is 1.38. The van der Waals surface area contributed by atoms with Crippen LogP contribution in [-0.2, 0) is 17.5 Å². The molecule has 0 N–H and O–H groups in total. The molecule has 1 amide bonds. The Hall–Kier alpha value is -3.11. The summed E-state index contributed by atoms with van der Waals surface area (Å²) in [6.45, 7) is 3.26. The molecule has 0 spiro atoms. The summed E-state index contributed by atoms with van der Waals surface area (Å²) in [5.41, 5.74) is 0.998. The number of halogens is 3. The molecule has 1 fully saturated rings. The van der Waals surface area contributed by atoms with Gasteiger partial charge in [0, 0.05) is 37.3 Å². The van der Waals surface area contributed by atoms with Crippen LogP contribution in [0.15, 0.2) is 18.3 Å². The second-order valence-electron chi connectivity index (χ2n) is 7.65. The number of ether oxygens (including phenoxy) is 2. The maximum absolute atomic E-state index is 12.9. The molecule has 31 heavy (non-hydrogen) atoms. The van der Waals surface area contributed by atoms with Crippen LogP contribution in [0.3, 0.4) is 0 Å². The van der Waals surface area contributed by atoms with Crippen molar-refractivity contribution in [1.82, 2.24) is 19.9 Å². The third-order valence-electron chi connectivity index (χ3n) is 5.69. The van der Waals surface area contributed by atoms with E-state index in [9.17, 15) is 18.0 Å². The third kappa shape index (κ3) is 3.96. The zero-order valence-electron chi connectivity index (χ0n) is 17.3. The lowest BCUT2D eigenvalue weighted by atomic mass is 9.94. The van der Waals surface area contributed by atoms with Gasteiger partial charge in [0.2, 0.25) is 11.8 Å². The third-order valence-corrected chi connectivity index (χ3v) is 5.69. The molecule has 0 radical (unpaired) electrons. The van der Waals surface area contributed by atoms with Crippen molar-refractivity contribution in [2.45, 2.75) is 32.1 Å². The summed E-state index contributed by atoms with van der Waals surface area (Å²) >= 11 is 0. The Bertz CT molecular complexity index is 995. The first kappa shape index (κ1) is 21.1.